The summed E-state index contributed by atoms with van der Waals surface area (Å²) >= 11 is 0. The molecule has 0 N–H and O–H groups in total. The quantitative estimate of drug-likeness (QED) is 0.557. The fourth-order valence-corrected chi connectivity index (χ4v) is 1.05. The number of carbonyl (C=O) groups excluding carboxylic acids is 1. The first kappa shape index (κ1) is 13.5. The maximum atomic E-state index is 12.9. The summed E-state index contributed by atoms with van der Waals surface area (Å²) in [5.41, 5.74) is -2.90. The number of alkyl halides is 6. The maximum absolute atomic E-state index is 12.9. The summed E-state index contributed by atoms with van der Waals surface area (Å²) in [6.07, 6.45) is -10.3. The van der Waals surface area contributed by atoms with Crippen molar-refractivity contribution >= 4 is 5.78 Å². The van der Waals surface area contributed by atoms with Crippen LogP contribution in [0.25, 0.3) is 0 Å². The smallest absolute Gasteiger partial charge is 0.284 e. The minimum atomic E-state index is -5.26. The molecular formula is C9H3F7O. The van der Waals surface area contributed by atoms with Crippen molar-refractivity contribution in [1.82, 2.24) is 0 Å². The minimum Gasteiger partial charge on any atom is -0.284 e. The molecule has 0 amide bonds. The Bertz CT molecular complexity index is 444. The number of hydrogen-bond acceptors (Lipinski definition) is 1. The highest BCUT2D eigenvalue weighted by atomic mass is 19.4. The summed E-state index contributed by atoms with van der Waals surface area (Å²) in [7, 11) is 0. The number of hydrogen-bond donors (Lipinski definition) is 0. The Kier molecular flexibility index (Phi) is 3.17. The molecule has 0 aliphatic heterocycles. The third kappa shape index (κ3) is 2.95. The van der Waals surface area contributed by atoms with E-state index in [9.17, 15) is 35.5 Å². The molecule has 1 rings (SSSR count). The van der Waals surface area contributed by atoms with Crippen LogP contribution in [0.4, 0.5) is 30.7 Å². The van der Waals surface area contributed by atoms with Crippen LogP contribution in [0.5, 0.6) is 0 Å². The standard InChI is InChI=1S/C9H3F7O/c10-6-3-4(7(17)9(14,15)16)1-2-5(6)8(11,12)13/h1-3H. The molecular weight excluding hydrogens is 257 g/mol. The predicted molar refractivity (Wildman–Crippen MR) is 41.8 cm³/mol. The van der Waals surface area contributed by atoms with Crippen molar-refractivity contribution in [2.45, 2.75) is 12.4 Å². The van der Waals surface area contributed by atoms with Gasteiger partial charge in [0.05, 0.1) is 5.56 Å². The molecule has 0 fully saturated rings. The number of carbonyl (C=O) groups is 1. The number of Topliss-reactive ketones (excluding diaryl/α,β-unsaturated/α-hetero) is 1. The van der Waals surface area contributed by atoms with Crippen LogP contribution in [-0.2, 0) is 6.18 Å². The Morgan fingerprint density at radius 2 is 1.53 bits per heavy atom. The molecule has 0 heterocycles. The van der Waals surface area contributed by atoms with Crippen LogP contribution in [0.2, 0.25) is 0 Å². The molecule has 94 valence electrons. The second kappa shape index (κ2) is 4.01. The Labute approximate surface area is 89.8 Å². The van der Waals surface area contributed by atoms with Crippen molar-refractivity contribution in [1.29, 1.82) is 0 Å². The molecule has 0 aromatic heterocycles. The average molecular weight is 260 g/mol. The van der Waals surface area contributed by atoms with Crippen LogP contribution in [-0.4, -0.2) is 12.0 Å². The van der Waals surface area contributed by atoms with E-state index in [-0.39, 0.29) is 18.2 Å². The van der Waals surface area contributed by atoms with Gasteiger partial charge in [0.1, 0.15) is 5.82 Å². The second-order valence-corrected chi connectivity index (χ2v) is 3.02. The van der Waals surface area contributed by atoms with Gasteiger partial charge in [-0.2, -0.15) is 26.3 Å². The Hall–Kier alpha value is -1.60. The third-order valence-corrected chi connectivity index (χ3v) is 1.79. The first-order valence-electron chi connectivity index (χ1n) is 4.02. The van der Waals surface area contributed by atoms with Crippen LogP contribution in [0.3, 0.4) is 0 Å². The van der Waals surface area contributed by atoms with Crippen molar-refractivity contribution in [2.24, 2.45) is 0 Å². The van der Waals surface area contributed by atoms with Gasteiger partial charge in [-0.25, -0.2) is 4.39 Å². The second-order valence-electron chi connectivity index (χ2n) is 3.02. The molecule has 8 heteroatoms. The van der Waals surface area contributed by atoms with E-state index in [1.54, 1.807) is 0 Å². The molecule has 1 aromatic rings. The highest BCUT2D eigenvalue weighted by molar-refractivity contribution is 6.00. The molecule has 1 aromatic carbocycles. The van der Waals surface area contributed by atoms with E-state index >= 15 is 0 Å². The topological polar surface area (TPSA) is 17.1 Å². The molecule has 0 atom stereocenters. The highest BCUT2D eigenvalue weighted by Gasteiger charge is 2.40. The van der Waals surface area contributed by atoms with E-state index in [0.717, 1.165) is 0 Å². The summed E-state index contributed by atoms with van der Waals surface area (Å²) < 4.78 is 84.8. The van der Waals surface area contributed by atoms with Gasteiger partial charge in [0.15, 0.2) is 0 Å². The fourth-order valence-electron chi connectivity index (χ4n) is 1.05. The zero-order valence-corrected chi connectivity index (χ0v) is 7.79. The Balaban J connectivity index is 3.19. The van der Waals surface area contributed by atoms with Gasteiger partial charge in [0.25, 0.3) is 5.78 Å². The lowest BCUT2D eigenvalue weighted by Crippen LogP contribution is -2.23. The van der Waals surface area contributed by atoms with E-state index in [1.165, 1.54) is 0 Å². The number of ketones is 1. The SMILES string of the molecule is O=C(c1ccc(C(F)(F)F)c(F)c1)C(F)(F)F. The molecule has 1 nitrogen and oxygen atoms in total. The zero-order valence-electron chi connectivity index (χ0n) is 7.79. The Morgan fingerprint density at radius 1 is 1.00 bits per heavy atom. The molecule has 17 heavy (non-hydrogen) atoms. The van der Waals surface area contributed by atoms with Gasteiger partial charge in [-0.05, 0) is 12.1 Å². The predicted octanol–water partition coefficient (Wildman–Crippen LogP) is 3.59. The van der Waals surface area contributed by atoms with E-state index in [2.05, 4.69) is 0 Å². The van der Waals surface area contributed by atoms with E-state index in [4.69, 9.17) is 0 Å². The molecule has 0 unspecified atom stereocenters. The van der Waals surface area contributed by atoms with Gasteiger partial charge in [0.2, 0.25) is 0 Å². The van der Waals surface area contributed by atoms with Crippen LogP contribution >= 0.6 is 0 Å². The number of rotatable bonds is 1. The van der Waals surface area contributed by atoms with E-state index < -0.39 is 35.1 Å². The zero-order chi connectivity index (χ0) is 13.4. The summed E-state index contributed by atoms with van der Waals surface area (Å²) in [5.74, 6) is -4.32. The van der Waals surface area contributed by atoms with E-state index in [0.29, 0.717) is 0 Å². The van der Waals surface area contributed by atoms with Crippen molar-refractivity contribution in [3.63, 3.8) is 0 Å². The molecule has 0 saturated heterocycles. The molecule has 0 aliphatic carbocycles. The number of halogens is 7. The van der Waals surface area contributed by atoms with Crippen molar-refractivity contribution in [3.05, 3.63) is 35.1 Å². The van der Waals surface area contributed by atoms with Gasteiger partial charge in [-0.15, -0.1) is 0 Å². The van der Waals surface area contributed by atoms with Gasteiger partial charge in [-0.3, -0.25) is 4.79 Å². The molecule has 0 aliphatic rings. The van der Waals surface area contributed by atoms with Crippen molar-refractivity contribution in [3.8, 4) is 0 Å². The summed E-state index contributed by atoms with van der Waals surface area (Å²) in [4.78, 5) is 10.6. The van der Waals surface area contributed by atoms with Crippen LogP contribution in [0.15, 0.2) is 18.2 Å². The summed E-state index contributed by atoms with van der Waals surface area (Å²) in [6, 6.07) is 0.286. The van der Waals surface area contributed by atoms with Crippen molar-refractivity contribution < 1.29 is 35.5 Å². The lowest BCUT2D eigenvalue weighted by molar-refractivity contribution is -0.140. The van der Waals surface area contributed by atoms with Gasteiger partial charge in [-0.1, -0.05) is 6.07 Å². The van der Waals surface area contributed by atoms with Gasteiger partial charge >= 0.3 is 12.4 Å². The monoisotopic (exact) mass is 260 g/mol. The first-order valence-corrected chi connectivity index (χ1v) is 4.02. The van der Waals surface area contributed by atoms with Crippen molar-refractivity contribution in [2.75, 3.05) is 0 Å². The first-order chi connectivity index (χ1) is 7.53. The largest absolute Gasteiger partial charge is 0.454 e. The number of benzene rings is 1. The molecule has 0 spiro atoms. The Morgan fingerprint density at radius 3 is 1.88 bits per heavy atom. The van der Waals surface area contributed by atoms with Crippen LogP contribution in [0, 0.1) is 5.82 Å². The highest BCUT2D eigenvalue weighted by Crippen LogP contribution is 2.32. The molecule has 0 radical (unpaired) electrons. The summed E-state index contributed by atoms with van der Waals surface area (Å²) in [5, 5.41) is 0. The molecule has 0 bridgehead atoms. The third-order valence-electron chi connectivity index (χ3n) is 1.79. The van der Waals surface area contributed by atoms with Crippen LogP contribution < -0.4 is 0 Å². The lowest BCUT2D eigenvalue weighted by Gasteiger charge is -2.09. The summed E-state index contributed by atoms with van der Waals surface area (Å²) in [6.45, 7) is 0. The normalized spacial score (nSPS) is 12.6. The minimum absolute atomic E-state index is 0.0847. The van der Waals surface area contributed by atoms with Gasteiger partial charge in [0, 0.05) is 5.56 Å². The average Bonchev–Trinajstić information content (AvgIpc) is 2.12. The van der Waals surface area contributed by atoms with Gasteiger partial charge < -0.3 is 0 Å². The fraction of sp³-hybridized carbons (Fsp3) is 0.222. The van der Waals surface area contributed by atoms with E-state index in [1.807, 2.05) is 0 Å². The maximum Gasteiger partial charge on any atom is 0.454 e. The molecule has 0 saturated carbocycles. The lowest BCUT2D eigenvalue weighted by atomic mass is 10.1. The van der Waals surface area contributed by atoms with Crippen LogP contribution in [0.1, 0.15) is 15.9 Å².